The van der Waals surface area contributed by atoms with E-state index in [9.17, 15) is 19.5 Å². The fourth-order valence-corrected chi connectivity index (χ4v) is 3.16. The minimum absolute atomic E-state index is 0.0332. The van der Waals surface area contributed by atoms with Gasteiger partial charge in [-0.1, -0.05) is 18.1 Å². The molecule has 9 heteroatoms. The van der Waals surface area contributed by atoms with E-state index in [1.54, 1.807) is 58.9 Å². The van der Waals surface area contributed by atoms with E-state index >= 15 is 0 Å². The summed E-state index contributed by atoms with van der Waals surface area (Å²) in [6.07, 6.45) is 4.64. The zero-order valence-corrected chi connectivity index (χ0v) is 20.1. The average Bonchev–Trinajstić information content (AvgIpc) is 2.69. The van der Waals surface area contributed by atoms with Crippen molar-refractivity contribution in [2.75, 3.05) is 18.9 Å². The number of hydrogen-bond donors (Lipinski definition) is 4. The van der Waals surface area contributed by atoms with Gasteiger partial charge in [0, 0.05) is 23.9 Å². The second-order valence-electron chi connectivity index (χ2n) is 8.47. The van der Waals surface area contributed by atoms with Crippen molar-refractivity contribution in [1.82, 2.24) is 15.5 Å². The van der Waals surface area contributed by atoms with Crippen LogP contribution >= 0.6 is 12.6 Å². The summed E-state index contributed by atoms with van der Waals surface area (Å²) in [5, 5.41) is 14.9. The molecule has 1 aromatic carbocycles. The summed E-state index contributed by atoms with van der Waals surface area (Å²) < 4.78 is 5.23. The van der Waals surface area contributed by atoms with E-state index in [1.807, 2.05) is 0 Å². The van der Waals surface area contributed by atoms with E-state index in [0.29, 0.717) is 11.1 Å². The highest BCUT2D eigenvalue weighted by molar-refractivity contribution is 7.80. The predicted molar refractivity (Wildman–Crippen MR) is 126 cm³/mol. The Morgan fingerprint density at radius 1 is 1.19 bits per heavy atom. The third kappa shape index (κ3) is 8.44. The van der Waals surface area contributed by atoms with Crippen molar-refractivity contribution < 1.29 is 24.2 Å². The van der Waals surface area contributed by atoms with Crippen molar-refractivity contribution in [3.63, 3.8) is 0 Å². The van der Waals surface area contributed by atoms with Gasteiger partial charge >= 0.3 is 6.09 Å². The minimum Gasteiger partial charge on any atom is -0.444 e. The molecule has 1 aromatic rings. The van der Waals surface area contributed by atoms with Crippen LogP contribution in [0.2, 0.25) is 0 Å². The lowest BCUT2D eigenvalue weighted by molar-refractivity contribution is -0.142. The molecule has 3 amide bonds. The van der Waals surface area contributed by atoms with Crippen LogP contribution in [0, 0.1) is 12.3 Å². The Morgan fingerprint density at radius 2 is 1.78 bits per heavy atom. The second-order valence-corrected chi connectivity index (χ2v) is 8.83. The van der Waals surface area contributed by atoms with Gasteiger partial charge in [-0.15, -0.1) is 6.42 Å². The van der Waals surface area contributed by atoms with Gasteiger partial charge in [-0.05, 0) is 52.3 Å². The third-order valence-corrected chi connectivity index (χ3v) is 4.54. The largest absolute Gasteiger partial charge is 0.444 e. The number of benzene rings is 1. The standard InChI is InChI=1S/C23H33N3O5S/c1-7-16-8-10-17(11-9-16)19(20(28)24-15(2)3)26(12-13-27)21(29)18(14-32)25-22(30)31-23(4,5)6/h1,8-11,15,18-19,27,32H,12-14H2,2-6H3,(H,24,28)(H,25,30). The summed E-state index contributed by atoms with van der Waals surface area (Å²) in [6.45, 7) is 8.19. The Labute approximate surface area is 195 Å². The summed E-state index contributed by atoms with van der Waals surface area (Å²) in [5.74, 6) is 1.47. The maximum Gasteiger partial charge on any atom is 0.408 e. The molecular weight excluding hydrogens is 430 g/mol. The first-order valence-corrected chi connectivity index (χ1v) is 10.9. The Kier molecular flexibility index (Phi) is 10.6. The molecule has 0 aromatic heterocycles. The van der Waals surface area contributed by atoms with Crippen molar-refractivity contribution in [3.8, 4) is 12.3 Å². The van der Waals surface area contributed by atoms with Gasteiger partial charge in [-0.25, -0.2) is 4.79 Å². The SMILES string of the molecule is C#Cc1ccc(C(C(=O)NC(C)C)N(CCO)C(=O)C(CS)NC(=O)OC(C)(C)C)cc1. The van der Waals surface area contributed by atoms with E-state index in [0.717, 1.165) is 0 Å². The smallest absolute Gasteiger partial charge is 0.408 e. The number of nitrogens with zero attached hydrogens (tertiary/aromatic N) is 1. The van der Waals surface area contributed by atoms with E-state index in [-0.39, 0.29) is 24.9 Å². The molecule has 0 aliphatic carbocycles. The van der Waals surface area contributed by atoms with Crippen LogP contribution in [0.3, 0.4) is 0 Å². The average molecular weight is 464 g/mol. The van der Waals surface area contributed by atoms with Gasteiger partial charge in [0.25, 0.3) is 0 Å². The number of nitrogens with one attached hydrogen (secondary N) is 2. The summed E-state index contributed by atoms with van der Waals surface area (Å²) in [5.41, 5.74) is 0.383. The van der Waals surface area contributed by atoms with Crippen molar-refractivity contribution in [1.29, 1.82) is 0 Å². The van der Waals surface area contributed by atoms with Crippen LogP contribution in [0.4, 0.5) is 4.79 Å². The molecule has 0 aliphatic heterocycles. The molecule has 0 heterocycles. The number of ether oxygens (including phenoxy) is 1. The summed E-state index contributed by atoms with van der Waals surface area (Å²) >= 11 is 4.19. The molecule has 0 saturated carbocycles. The number of thiol groups is 1. The number of carbonyl (C=O) groups is 3. The Balaban J connectivity index is 3.32. The van der Waals surface area contributed by atoms with Crippen molar-refractivity contribution >= 4 is 30.5 Å². The van der Waals surface area contributed by atoms with Crippen LogP contribution in [0.1, 0.15) is 51.8 Å². The fourth-order valence-electron chi connectivity index (χ4n) is 2.91. The summed E-state index contributed by atoms with van der Waals surface area (Å²) in [7, 11) is 0. The molecule has 32 heavy (non-hydrogen) atoms. The van der Waals surface area contributed by atoms with Crippen LogP contribution in [0.15, 0.2) is 24.3 Å². The van der Waals surface area contributed by atoms with E-state index in [1.165, 1.54) is 4.90 Å². The van der Waals surface area contributed by atoms with Crippen LogP contribution < -0.4 is 10.6 Å². The molecule has 0 aliphatic rings. The lowest BCUT2D eigenvalue weighted by Crippen LogP contribution is -2.54. The monoisotopic (exact) mass is 463 g/mol. The molecular formula is C23H33N3O5S. The number of carbonyl (C=O) groups excluding carboxylic acids is 3. The lowest BCUT2D eigenvalue weighted by Gasteiger charge is -2.34. The molecule has 8 nitrogen and oxygen atoms in total. The highest BCUT2D eigenvalue weighted by Crippen LogP contribution is 2.23. The van der Waals surface area contributed by atoms with Crippen molar-refractivity contribution in [3.05, 3.63) is 35.4 Å². The van der Waals surface area contributed by atoms with Gasteiger partial charge in [0.15, 0.2) is 0 Å². The molecule has 0 bridgehead atoms. The fraction of sp³-hybridized carbons (Fsp3) is 0.522. The van der Waals surface area contributed by atoms with Gasteiger partial charge in [-0.2, -0.15) is 12.6 Å². The number of aliphatic hydroxyl groups is 1. The number of amides is 3. The number of terminal acetylenes is 1. The highest BCUT2D eigenvalue weighted by Gasteiger charge is 2.35. The number of hydrogen-bond acceptors (Lipinski definition) is 6. The van der Waals surface area contributed by atoms with Crippen LogP contribution in [0.25, 0.3) is 0 Å². The molecule has 2 atom stereocenters. The van der Waals surface area contributed by atoms with Crippen molar-refractivity contribution in [2.45, 2.75) is 58.3 Å². The quantitative estimate of drug-likeness (QED) is 0.330. The van der Waals surface area contributed by atoms with Gasteiger partial charge in [0.1, 0.15) is 17.7 Å². The van der Waals surface area contributed by atoms with Gasteiger partial charge in [0.05, 0.1) is 6.61 Å². The zero-order chi connectivity index (χ0) is 24.5. The van der Waals surface area contributed by atoms with Gasteiger partial charge in [-0.3, -0.25) is 9.59 Å². The molecule has 0 spiro atoms. The number of aliphatic hydroxyl groups excluding tert-OH is 1. The molecule has 0 saturated heterocycles. The minimum atomic E-state index is -1.07. The summed E-state index contributed by atoms with van der Waals surface area (Å²) in [6, 6.07) is 4.36. The van der Waals surface area contributed by atoms with Crippen LogP contribution in [0.5, 0.6) is 0 Å². The number of rotatable bonds is 9. The highest BCUT2D eigenvalue weighted by atomic mass is 32.1. The van der Waals surface area contributed by atoms with Gasteiger partial charge in [0.2, 0.25) is 11.8 Å². The maximum atomic E-state index is 13.4. The normalized spacial score (nSPS) is 13.0. The predicted octanol–water partition coefficient (Wildman–Crippen LogP) is 1.88. The molecule has 0 radical (unpaired) electrons. The van der Waals surface area contributed by atoms with E-state index in [4.69, 9.17) is 11.2 Å². The topological polar surface area (TPSA) is 108 Å². The van der Waals surface area contributed by atoms with Crippen LogP contribution in [-0.2, 0) is 14.3 Å². The Bertz CT molecular complexity index is 828. The van der Waals surface area contributed by atoms with E-state index in [2.05, 4.69) is 29.2 Å². The first-order valence-electron chi connectivity index (χ1n) is 10.3. The molecule has 1 rings (SSSR count). The van der Waals surface area contributed by atoms with E-state index < -0.39 is 35.6 Å². The summed E-state index contributed by atoms with van der Waals surface area (Å²) in [4.78, 5) is 39.9. The maximum absolute atomic E-state index is 13.4. The van der Waals surface area contributed by atoms with Crippen molar-refractivity contribution in [2.24, 2.45) is 0 Å². The molecule has 0 fully saturated rings. The Hall–Kier alpha value is -2.70. The zero-order valence-electron chi connectivity index (χ0n) is 19.2. The molecule has 176 valence electrons. The molecule has 3 N–H and O–H groups in total. The lowest BCUT2D eigenvalue weighted by atomic mass is 10.0. The number of alkyl carbamates (subject to hydrolysis) is 1. The van der Waals surface area contributed by atoms with Gasteiger partial charge < -0.3 is 25.4 Å². The second kappa shape index (κ2) is 12.4. The first-order chi connectivity index (χ1) is 14.9. The first kappa shape index (κ1) is 27.3. The third-order valence-electron chi connectivity index (χ3n) is 4.18. The van der Waals surface area contributed by atoms with Crippen LogP contribution in [-0.4, -0.2) is 64.5 Å². The molecule has 2 unspecified atom stereocenters. The Morgan fingerprint density at radius 3 is 2.22 bits per heavy atom.